The molecule has 3 rings (SSSR count). The van der Waals surface area contributed by atoms with Crippen molar-refractivity contribution < 1.29 is 9.59 Å². The molecule has 0 radical (unpaired) electrons. The highest BCUT2D eigenvalue weighted by Gasteiger charge is 2.41. The number of anilines is 1. The summed E-state index contributed by atoms with van der Waals surface area (Å²) in [4.78, 5) is 26.1. The smallest absolute Gasteiger partial charge is 0.249 e. The lowest BCUT2D eigenvalue weighted by Gasteiger charge is -2.24. The normalized spacial score (nSPS) is 24.1. The quantitative estimate of drug-likeness (QED) is 0.876. The predicted octanol–water partition coefficient (Wildman–Crippen LogP) is 1.63. The van der Waals surface area contributed by atoms with Crippen molar-refractivity contribution in [3.8, 4) is 0 Å². The minimum absolute atomic E-state index is 0.0135. The third-order valence-electron chi connectivity index (χ3n) is 3.82. The maximum Gasteiger partial charge on any atom is 0.249 e. The molecular weight excluding hydrogens is 240 g/mol. The second-order valence-electron chi connectivity index (χ2n) is 5.46. The van der Waals surface area contributed by atoms with Crippen LogP contribution in [-0.2, 0) is 9.59 Å². The van der Waals surface area contributed by atoms with E-state index in [1.54, 1.807) is 4.90 Å². The maximum atomic E-state index is 12.6. The molecule has 1 aromatic carbocycles. The van der Waals surface area contributed by atoms with Crippen LogP contribution in [0.1, 0.15) is 24.8 Å². The van der Waals surface area contributed by atoms with E-state index in [-0.39, 0.29) is 17.9 Å². The standard InChI is InChI=1S/C15H18N2O2/c1-10-3-2-4-12(9-10)17-8-7-13(18)16-14(15(17)19)11-5-6-11/h2-4,9,11,14H,5-8H2,1H3,(H,16,18). The van der Waals surface area contributed by atoms with Crippen LogP contribution in [0.2, 0.25) is 0 Å². The zero-order valence-electron chi connectivity index (χ0n) is 11.1. The first-order valence-electron chi connectivity index (χ1n) is 6.82. The molecule has 0 bridgehead atoms. The van der Waals surface area contributed by atoms with Gasteiger partial charge in [-0.1, -0.05) is 12.1 Å². The van der Waals surface area contributed by atoms with Crippen molar-refractivity contribution in [2.75, 3.05) is 11.4 Å². The molecule has 2 amide bonds. The van der Waals surface area contributed by atoms with E-state index in [9.17, 15) is 9.59 Å². The van der Waals surface area contributed by atoms with Crippen LogP contribution in [-0.4, -0.2) is 24.4 Å². The highest BCUT2D eigenvalue weighted by atomic mass is 16.2. The van der Waals surface area contributed by atoms with Gasteiger partial charge in [-0.15, -0.1) is 0 Å². The van der Waals surface area contributed by atoms with E-state index in [1.165, 1.54) is 0 Å². The Morgan fingerprint density at radius 1 is 1.26 bits per heavy atom. The molecule has 1 aliphatic carbocycles. The summed E-state index contributed by atoms with van der Waals surface area (Å²) in [6.07, 6.45) is 2.46. The van der Waals surface area contributed by atoms with Gasteiger partial charge in [0.1, 0.15) is 6.04 Å². The Kier molecular flexibility index (Phi) is 3.01. The second-order valence-corrected chi connectivity index (χ2v) is 5.46. The Balaban J connectivity index is 1.90. The van der Waals surface area contributed by atoms with Gasteiger partial charge in [-0.2, -0.15) is 0 Å². The molecule has 4 heteroatoms. The van der Waals surface area contributed by atoms with Gasteiger partial charge in [0.25, 0.3) is 0 Å². The molecule has 1 aliphatic heterocycles. The molecule has 2 aliphatic rings. The molecule has 0 spiro atoms. The number of nitrogens with zero attached hydrogens (tertiary/aromatic N) is 1. The van der Waals surface area contributed by atoms with Crippen molar-refractivity contribution in [1.29, 1.82) is 0 Å². The summed E-state index contributed by atoms with van der Waals surface area (Å²) in [6.45, 7) is 2.48. The van der Waals surface area contributed by atoms with Gasteiger partial charge in [0.15, 0.2) is 0 Å². The molecule has 1 saturated heterocycles. The lowest BCUT2D eigenvalue weighted by Crippen LogP contribution is -2.46. The fourth-order valence-electron chi connectivity index (χ4n) is 2.60. The van der Waals surface area contributed by atoms with Crippen LogP contribution in [0.15, 0.2) is 24.3 Å². The summed E-state index contributed by atoms with van der Waals surface area (Å²) in [5.74, 6) is 0.362. The van der Waals surface area contributed by atoms with Crippen molar-refractivity contribution in [3.63, 3.8) is 0 Å². The summed E-state index contributed by atoms with van der Waals surface area (Å²) in [5.41, 5.74) is 2.02. The van der Waals surface area contributed by atoms with Crippen molar-refractivity contribution in [3.05, 3.63) is 29.8 Å². The third kappa shape index (κ3) is 2.48. The highest BCUT2D eigenvalue weighted by Crippen LogP contribution is 2.35. The fourth-order valence-corrected chi connectivity index (χ4v) is 2.60. The van der Waals surface area contributed by atoms with Crippen LogP contribution in [0.25, 0.3) is 0 Å². The van der Waals surface area contributed by atoms with Crippen LogP contribution >= 0.6 is 0 Å². The van der Waals surface area contributed by atoms with E-state index >= 15 is 0 Å². The molecule has 100 valence electrons. The molecule has 1 saturated carbocycles. The topological polar surface area (TPSA) is 49.4 Å². The van der Waals surface area contributed by atoms with Crippen molar-refractivity contribution in [2.45, 2.75) is 32.2 Å². The van der Waals surface area contributed by atoms with Gasteiger partial charge in [0, 0.05) is 18.7 Å². The minimum atomic E-state index is -0.324. The predicted molar refractivity (Wildman–Crippen MR) is 72.8 cm³/mol. The van der Waals surface area contributed by atoms with Gasteiger partial charge in [-0.25, -0.2) is 0 Å². The summed E-state index contributed by atoms with van der Waals surface area (Å²) < 4.78 is 0. The van der Waals surface area contributed by atoms with E-state index in [0.717, 1.165) is 24.1 Å². The molecule has 19 heavy (non-hydrogen) atoms. The summed E-state index contributed by atoms with van der Waals surface area (Å²) in [7, 11) is 0. The van der Waals surface area contributed by atoms with Crippen molar-refractivity contribution in [2.24, 2.45) is 5.92 Å². The average molecular weight is 258 g/mol. The van der Waals surface area contributed by atoms with E-state index < -0.39 is 0 Å². The zero-order valence-corrected chi connectivity index (χ0v) is 11.1. The number of benzene rings is 1. The van der Waals surface area contributed by atoms with Crippen molar-refractivity contribution in [1.82, 2.24) is 5.32 Å². The SMILES string of the molecule is Cc1cccc(N2CCC(=O)NC(C3CC3)C2=O)c1. The summed E-state index contributed by atoms with van der Waals surface area (Å²) in [5, 5.41) is 2.87. The number of carbonyl (C=O) groups excluding carboxylic acids is 2. The average Bonchev–Trinajstić information content (AvgIpc) is 3.19. The monoisotopic (exact) mass is 258 g/mol. The Bertz CT molecular complexity index is 523. The number of amides is 2. The van der Waals surface area contributed by atoms with E-state index in [4.69, 9.17) is 0 Å². The van der Waals surface area contributed by atoms with E-state index in [1.807, 2.05) is 31.2 Å². The maximum absolute atomic E-state index is 12.6. The Morgan fingerprint density at radius 2 is 2.05 bits per heavy atom. The van der Waals surface area contributed by atoms with Crippen molar-refractivity contribution >= 4 is 17.5 Å². The lowest BCUT2D eigenvalue weighted by molar-refractivity contribution is -0.126. The molecule has 4 nitrogen and oxygen atoms in total. The molecule has 2 fully saturated rings. The number of carbonyl (C=O) groups is 2. The summed E-state index contributed by atoms with van der Waals surface area (Å²) in [6, 6.07) is 7.57. The molecule has 0 aromatic heterocycles. The largest absolute Gasteiger partial charge is 0.344 e. The Morgan fingerprint density at radius 3 is 2.74 bits per heavy atom. The van der Waals surface area contributed by atoms with Gasteiger partial charge in [0.2, 0.25) is 11.8 Å². The molecule has 1 N–H and O–H groups in total. The number of aryl methyl sites for hydroxylation is 1. The minimum Gasteiger partial charge on any atom is -0.344 e. The number of hydrogen-bond donors (Lipinski definition) is 1. The number of hydrogen-bond acceptors (Lipinski definition) is 2. The van der Waals surface area contributed by atoms with E-state index in [2.05, 4.69) is 5.32 Å². The van der Waals surface area contributed by atoms with Gasteiger partial charge < -0.3 is 10.2 Å². The first-order chi connectivity index (χ1) is 9.15. The molecule has 1 unspecified atom stereocenters. The van der Waals surface area contributed by atoms with Crippen LogP contribution in [0.4, 0.5) is 5.69 Å². The highest BCUT2D eigenvalue weighted by molar-refractivity contribution is 6.01. The molecule has 1 atom stereocenters. The van der Waals surface area contributed by atoms with Crippen LogP contribution < -0.4 is 10.2 Å². The first kappa shape index (κ1) is 12.2. The number of rotatable bonds is 2. The Hall–Kier alpha value is -1.84. The lowest BCUT2D eigenvalue weighted by atomic mass is 10.1. The van der Waals surface area contributed by atoms with Crippen LogP contribution in [0, 0.1) is 12.8 Å². The second kappa shape index (κ2) is 4.68. The first-order valence-corrected chi connectivity index (χ1v) is 6.82. The van der Waals surface area contributed by atoms with Gasteiger partial charge in [-0.05, 0) is 43.4 Å². The van der Waals surface area contributed by atoms with Gasteiger partial charge in [-0.3, -0.25) is 9.59 Å². The van der Waals surface area contributed by atoms with Gasteiger partial charge in [0.05, 0.1) is 0 Å². The number of nitrogens with one attached hydrogen (secondary N) is 1. The molecule has 1 heterocycles. The third-order valence-corrected chi connectivity index (χ3v) is 3.82. The molecular formula is C15H18N2O2. The van der Waals surface area contributed by atoms with E-state index in [0.29, 0.717) is 18.9 Å². The Labute approximate surface area is 112 Å². The van der Waals surface area contributed by atoms with Crippen LogP contribution in [0.5, 0.6) is 0 Å². The molecule has 1 aromatic rings. The summed E-state index contributed by atoms with van der Waals surface area (Å²) >= 11 is 0. The van der Waals surface area contributed by atoms with Gasteiger partial charge >= 0.3 is 0 Å². The van der Waals surface area contributed by atoms with Crippen LogP contribution in [0.3, 0.4) is 0 Å². The zero-order chi connectivity index (χ0) is 13.4. The fraction of sp³-hybridized carbons (Fsp3) is 0.467.